The molecule has 0 aliphatic carbocycles. The fourth-order valence-electron chi connectivity index (χ4n) is 4.69. The number of rotatable bonds is 7. The number of anilines is 3. The lowest BCUT2D eigenvalue weighted by Crippen LogP contribution is -2.11. The molecule has 5 rings (SSSR count). The lowest BCUT2D eigenvalue weighted by Gasteiger charge is -2.27. The van der Waals surface area contributed by atoms with Crippen LogP contribution in [0.25, 0.3) is 24.3 Å². The number of nitrogens with zero attached hydrogens (tertiary/aromatic N) is 1. The molecular formula is C38H35N. The summed E-state index contributed by atoms with van der Waals surface area (Å²) in [7, 11) is 0. The van der Waals surface area contributed by atoms with Crippen molar-refractivity contribution in [2.45, 2.75) is 27.7 Å². The summed E-state index contributed by atoms with van der Waals surface area (Å²) in [6, 6.07) is 41.5. The Balaban J connectivity index is 1.43. The van der Waals surface area contributed by atoms with Crippen molar-refractivity contribution < 1.29 is 0 Å². The van der Waals surface area contributed by atoms with Crippen molar-refractivity contribution >= 4 is 41.4 Å². The van der Waals surface area contributed by atoms with E-state index in [0.717, 1.165) is 11.4 Å². The molecule has 0 bridgehead atoms. The average Bonchev–Trinajstić information content (AvgIpc) is 2.95. The van der Waals surface area contributed by atoms with Crippen LogP contribution in [0, 0.1) is 27.7 Å². The van der Waals surface area contributed by atoms with Gasteiger partial charge in [-0.25, -0.2) is 0 Å². The van der Waals surface area contributed by atoms with Crippen LogP contribution in [-0.4, -0.2) is 0 Å². The van der Waals surface area contributed by atoms with E-state index in [0.29, 0.717) is 0 Å². The molecular weight excluding hydrogens is 470 g/mol. The van der Waals surface area contributed by atoms with Crippen molar-refractivity contribution in [2.24, 2.45) is 0 Å². The van der Waals surface area contributed by atoms with Gasteiger partial charge >= 0.3 is 0 Å². The molecule has 1 nitrogen and oxygen atoms in total. The van der Waals surface area contributed by atoms with E-state index in [1.54, 1.807) is 0 Å². The Morgan fingerprint density at radius 1 is 0.385 bits per heavy atom. The summed E-state index contributed by atoms with van der Waals surface area (Å²) in [5.74, 6) is 0. The Bertz CT molecular complexity index is 1490. The highest BCUT2D eigenvalue weighted by Gasteiger charge is 2.14. The number of benzene rings is 5. The zero-order valence-corrected chi connectivity index (χ0v) is 23.2. The van der Waals surface area contributed by atoms with E-state index in [9.17, 15) is 0 Å². The van der Waals surface area contributed by atoms with E-state index < -0.39 is 0 Å². The van der Waals surface area contributed by atoms with Crippen LogP contribution in [-0.2, 0) is 0 Å². The summed E-state index contributed by atoms with van der Waals surface area (Å²) < 4.78 is 0. The number of hydrogen-bond acceptors (Lipinski definition) is 1. The van der Waals surface area contributed by atoms with Gasteiger partial charge in [-0.3, -0.25) is 0 Å². The van der Waals surface area contributed by atoms with Gasteiger partial charge in [-0.1, -0.05) is 126 Å². The highest BCUT2D eigenvalue weighted by Crippen LogP contribution is 2.37. The van der Waals surface area contributed by atoms with Gasteiger partial charge in [-0.05, 0) is 85.8 Å². The maximum atomic E-state index is 2.34. The highest BCUT2D eigenvalue weighted by atomic mass is 15.1. The first kappa shape index (κ1) is 26.0. The molecule has 0 aliphatic heterocycles. The zero-order chi connectivity index (χ0) is 27.2. The third-order valence-electron chi connectivity index (χ3n) is 6.99. The Morgan fingerprint density at radius 3 is 1.08 bits per heavy atom. The zero-order valence-electron chi connectivity index (χ0n) is 23.2. The Kier molecular flexibility index (Phi) is 7.89. The minimum atomic E-state index is 1.14. The van der Waals surface area contributed by atoms with E-state index in [2.05, 4.69) is 172 Å². The Labute approximate surface area is 233 Å². The van der Waals surface area contributed by atoms with E-state index in [4.69, 9.17) is 0 Å². The van der Waals surface area contributed by atoms with Gasteiger partial charge in [-0.2, -0.15) is 0 Å². The predicted molar refractivity (Wildman–Crippen MR) is 171 cm³/mol. The normalized spacial score (nSPS) is 11.4. The topological polar surface area (TPSA) is 3.24 Å². The van der Waals surface area contributed by atoms with E-state index >= 15 is 0 Å². The average molecular weight is 506 g/mol. The smallest absolute Gasteiger partial charge is 0.0490 e. The van der Waals surface area contributed by atoms with Gasteiger partial charge in [0.15, 0.2) is 0 Å². The molecule has 0 unspecified atom stereocenters. The third-order valence-corrected chi connectivity index (χ3v) is 6.99. The third kappa shape index (κ3) is 6.64. The lowest BCUT2D eigenvalue weighted by atomic mass is 10.1. The fraction of sp³-hybridized carbons (Fsp3) is 0.105. The molecule has 0 N–H and O–H groups in total. The van der Waals surface area contributed by atoms with Crippen LogP contribution in [0.15, 0.2) is 115 Å². The molecule has 192 valence electrons. The summed E-state index contributed by atoms with van der Waals surface area (Å²) in [4.78, 5) is 2.34. The molecule has 0 aliphatic rings. The fourth-order valence-corrected chi connectivity index (χ4v) is 4.69. The lowest BCUT2D eigenvalue weighted by molar-refractivity contribution is 1.24. The molecule has 0 saturated heterocycles. The highest BCUT2D eigenvalue weighted by molar-refractivity contribution is 5.81. The molecule has 0 radical (unpaired) electrons. The van der Waals surface area contributed by atoms with Crippen molar-refractivity contribution in [2.75, 3.05) is 4.90 Å². The minimum Gasteiger partial charge on any atom is -0.310 e. The van der Waals surface area contributed by atoms with Crippen LogP contribution in [0.3, 0.4) is 0 Å². The Morgan fingerprint density at radius 2 is 0.718 bits per heavy atom. The Hall–Kier alpha value is -4.62. The summed E-state index contributed by atoms with van der Waals surface area (Å²) >= 11 is 0. The van der Waals surface area contributed by atoms with Crippen molar-refractivity contribution in [1.29, 1.82) is 0 Å². The largest absolute Gasteiger partial charge is 0.310 e. The SMILES string of the molecule is Cc1ccc(C=Cc2ccc(N(c3ccc(C=Cc4ccc(C)cc4)cc3)c3ccc(C)cc3C)cc2)cc1. The molecule has 0 aromatic heterocycles. The van der Waals surface area contributed by atoms with Crippen molar-refractivity contribution in [3.8, 4) is 0 Å². The first-order chi connectivity index (χ1) is 18.9. The van der Waals surface area contributed by atoms with Crippen molar-refractivity contribution in [3.63, 3.8) is 0 Å². The second-order valence-electron chi connectivity index (χ2n) is 10.3. The van der Waals surface area contributed by atoms with E-state index in [1.165, 1.54) is 50.2 Å². The minimum absolute atomic E-state index is 1.14. The van der Waals surface area contributed by atoms with E-state index in [-0.39, 0.29) is 0 Å². The standard InChI is InChI=1S/C38H35N/c1-28-5-10-32(11-6-28)14-16-34-18-22-36(23-19-34)39(38-26-9-30(3)27-31(38)4)37-24-20-35(21-25-37)17-15-33-12-7-29(2)8-13-33/h5-27H,1-4H3. The van der Waals surface area contributed by atoms with Gasteiger partial charge in [0.05, 0.1) is 0 Å². The molecule has 0 atom stereocenters. The maximum Gasteiger partial charge on any atom is 0.0490 e. The van der Waals surface area contributed by atoms with Crippen molar-refractivity contribution in [1.82, 2.24) is 0 Å². The monoisotopic (exact) mass is 505 g/mol. The summed E-state index contributed by atoms with van der Waals surface area (Å²) in [5.41, 5.74) is 13.3. The first-order valence-electron chi connectivity index (χ1n) is 13.5. The number of hydrogen-bond donors (Lipinski definition) is 0. The van der Waals surface area contributed by atoms with Gasteiger partial charge in [0.2, 0.25) is 0 Å². The predicted octanol–water partition coefficient (Wildman–Crippen LogP) is 10.7. The molecule has 0 fully saturated rings. The van der Waals surface area contributed by atoms with Crippen LogP contribution in [0.5, 0.6) is 0 Å². The van der Waals surface area contributed by atoms with E-state index in [1.807, 2.05) is 0 Å². The number of aryl methyl sites for hydroxylation is 4. The van der Waals surface area contributed by atoms with Crippen LogP contribution < -0.4 is 4.90 Å². The molecule has 0 saturated carbocycles. The molecule has 0 amide bonds. The molecule has 1 heteroatoms. The maximum absolute atomic E-state index is 2.34. The second-order valence-corrected chi connectivity index (χ2v) is 10.3. The molecule has 5 aromatic carbocycles. The quantitative estimate of drug-likeness (QED) is 0.199. The molecule has 5 aromatic rings. The molecule has 0 spiro atoms. The second kappa shape index (κ2) is 11.8. The van der Waals surface area contributed by atoms with Crippen molar-refractivity contribution in [3.05, 3.63) is 160 Å². The molecule has 39 heavy (non-hydrogen) atoms. The van der Waals surface area contributed by atoms with Crippen LogP contribution in [0.2, 0.25) is 0 Å². The van der Waals surface area contributed by atoms with Gasteiger partial charge in [-0.15, -0.1) is 0 Å². The van der Waals surface area contributed by atoms with Gasteiger partial charge < -0.3 is 4.90 Å². The first-order valence-corrected chi connectivity index (χ1v) is 13.5. The van der Waals surface area contributed by atoms with Gasteiger partial charge in [0.25, 0.3) is 0 Å². The van der Waals surface area contributed by atoms with Crippen LogP contribution in [0.1, 0.15) is 44.5 Å². The van der Waals surface area contributed by atoms with Crippen LogP contribution >= 0.6 is 0 Å². The summed E-state index contributed by atoms with van der Waals surface area (Å²) in [5, 5.41) is 0. The summed E-state index contributed by atoms with van der Waals surface area (Å²) in [6.45, 7) is 8.56. The van der Waals surface area contributed by atoms with Gasteiger partial charge in [0, 0.05) is 17.1 Å². The molecule has 0 heterocycles. The summed E-state index contributed by atoms with van der Waals surface area (Å²) in [6.07, 6.45) is 8.68. The van der Waals surface area contributed by atoms with Crippen LogP contribution in [0.4, 0.5) is 17.1 Å². The van der Waals surface area contributed by atoms with Gasteiger partial charge in [0.1, 0.15) is 0 Å².